The zero-order valence-corrected chi connectivity index (χ0v) is 31.0. The summed E-state index contributed by atoms with van der Waals surface area (Å²) >= 11 is 0. The second-order valence-corrected chi connectivity index (χ2v) is 13.7. The highest BCUT2D eigenvalue weighted by Gasteiger charge is 2.21. The molecule has 0 heterocycles. The van der Waals surface area contributed by atoms with Gasteiger partial charge in [-0.2, -0.15) is 0 Å². The molecule has 0 bridgehead atoms. The molecule has 4 N–H and O–H groups in total. The predicted molar refractivity (Wildman–Crippen MR) is 195 cm³/mol. The Bertz CT molecular complexity index is 792. The van der Waals surface area contributed by atoms with Crippen LogP contribution in [0.1, 0.15) is 200 Å². The Morgan fingerprint density at radius 2 is 0.917 bits per heavy atom. The van der Waals surface area contributed by atoms with Crippen LogP contribution in [0.2, 0.25) is 0 Å². The summed E-state index contributed by atoms with van der Waals surface area (Å²) in [6.45, 7) is 4.21. The lowest BCUT2D eigenvalue weighted by Gasteiger charge is -2.20. The van der Waals surface area contributed by atoms with E-state index in [1.165, 1.54) is 128 Å². The molecular formula is C39H74N2O7. The van der Waals surface area contributed by atoms with E-state index in [0.29, 0.717) is 6.42 Å². The van der Waals surface area contributed by atoms with Gasteiger partial charge in [-0.15, -0.1) is 0 Å². The number of carboxylic acids is 1. The van der Waals surface area contributed by atoms with Crippen LogP contribution in [-0.4, -0.2) is 54.2 Å². The third-order valence-corrected chi connectivity index (χ3v) is 8.93. The average Bonchev–Trinajstić information content (AvgIpc) is 3.06. The maximum absolute atomic E-state index is 12.6. The molecule has 0 aliphatic heterocycles. The second kappa shape index (κ2) is 34.7. The summed E-state index contributed by atoms with van der Waals surface area (Å²) in [7, 11) is 0. The third kappa shape index (κ3) is 32.4. The fraction of sp³-hybridized carbons (Fsp3) is 0.897. The molecule has 0 aromatic carbocycles. The lowest BCUT2D eigenvalue weighted by molar-refractivity contribution is -0.159. The number of hydrogen-bond donors (Lipinski definition) is 3. The molecule has 0 rings (SSSR count). The first-order valence-corrected chi connectivity index (χ1v) is 19.9. The number of unbranched alkanes of at least 4 members (excludes halogenated alkanes) is 24. The maximum atomic E-state index is 12.6. The molecule has 0 aromatic rings. The number of carbonyl (C=O) groups excluding carboxylic acids is 3. The van der Waals surface area contributed by atoms with Crippen LogP contribution < -0.4 is 11.1 Å². The van der Waals surface area contributed by atoms with Gasteiger partial charge in [-0.1, -0.05) is 168 Å². The zero-order chi connectivity index (χ0) is 35.5. The van der Waals surface area contributed by atoms with Crippen LogP contribution in [0.5, 0.6) is 0 Å². The molecule has 9 nitrogen and oxygen atoms in total. The summed E-state index contributed by atoms with van der Waals surface area (Å²) in [4.78, 5) is 48.0. The molecule has 9 heteroatoms. The first-order chi connectivity index (χ1) is 23.3. The first kappa shape index (κ1) is 45.8. The number of nitrogens with two attached hydrogens (primary N) is 1. The van der Waals surface area contributed by atoms with Crippen molar-refractivity contribution in [1.82, 2.24) is 5.32 Å². The van der Waals surface area contributed by atoms with Gasteiger partial charge in [0.05, 0.1) is 19.0 Å². The highest BCUT2D eigenvalue weighted by atomic mass is 16.6. The summed E-state index contributed by atoms with van der Waals surface area (Å²) in [5, 5.41) is 11.4. The van der Waals surface area contributed by atoms with Crippen molar-refractivity contribution in [2.24, 2.45) is 5.73 Å². The lowest BCUT2D eigenvalue weighted by atomic mass is 10.0. The number of amides is 1. The van der Waals surface area contributed by atoms with E-state index in [0.717, 1.165) is 38.5 Å². The Labute approximate surface area is 293 Å². The minimum atomic E-state index is -1.22. The Hall–Kier alpha value is -2.16. The minimum absolute atomic E-state index is 0.109. The van der Waals surface area contributed by atoms with Gasteiger partial charge in [0.2, 0.25) is 5.91 Å². The molecule has 0 radical (unpaired) electrons. The van der Waals surface area contributed by atoms with Crippen LogP contribution in [0.25, 0.3) is 0 Å². The smallest absolute Gasteiger partial charge is 0.306 e. The molecule has 48 heavy (non-hydrogen) atoms. The van der Waals surface area contributed by atoms with Gasteiger partial charge in [0.25, 0.3) is 0 Å². The normalized spacial score (nSPS) is 12.4. The van der Waals surface area contributed by atoms with Gasteiger partial charge < -0.3 is 25.6 Å². The van der Waals surface area contributed by atoms with Gasteiger partial charge in [0, 0.05) is 12.8 Å². The molecule has 282 valence electrons. The molecule has 0 saturated carbocycles. The number of esters is 2. The van der Waals surface area contributed by atoms with Crippen molar-refractivity contribution in [3.63, 3.8) is 0 Å². The number of carbonyl (C=O) groups is 4. The molecule has 0 aromatic heterocycles. The number of hydrogen-bond acceptors (Lipinski definition) is 7. The number of nitrogens with one attached hydrogen (secondary N) is 1. The third-order valence-electron chi connectivity index (χ3n) is 8.93. The number of ether oxygens (including phenoxy) is 2. The van der Waals surface area contributed by atoms with E-state index in [2.05, 4.69) is 19.2 Å². The van der Waals surface area contributed by atoms with E-state index in [1.807, 2.05) is 0 Å². The minimum Gasteiger partial charge on any atom is -0.481 e. The Morgan fingerprint density at radius 1 is 0.562 bits per heavy atom. The van der Waals surface area contributed by atoms with Gasteiger partial charge in [-0.25, -0.2) is 0 Å². The quantitative estimate of drug-likeness (QED) is 0.0438. The van der Waals surface area contributed by atoms with Crippen LogP contribution in [0.4, 0.5) is 0 Å². The van der Waals surface area contributed by atoms with Gasteiger partial charge in [-0.3, -0.25) is 19.2 Å². The summed E-state index contributed by atoms with van der Waals surface area (Å²) < 4.78 is 11.0. The summed E-state index contributed by atoms with van der Waals surface area (Å²) in [5.41, 5.74) is 5.64. The largest absolute Gasteiger partial charge is 0.481 e. The van der Waals surface area contributed by atoms with E-state index in [1.54, 1.807) is 0 Å². The highest BCUT2D eigenvalue weighted by molar-refractivity contribution is 5.85. The number of rotatable bonds is 36. The van der Waals surface area contributed by atoms with Gasteiger partial charge >= 0.3 is 17.9 Å². The molecule has 0 aliphatic carbocycles. The lowest BCUT2D eigenvalue weighted by Crippen LogP contribution is -2.46. The monoisotopic (exact) mass is 683 g/mol. The summed E-state index contributed by atoms with van der Waals surface area (Å²) in [5.74, 6) is -2.60. The molecule has 0 spiro atoms. The van der Waals surface area contributed by atoms with Crippen LogP contribution in [0.15, 0.2) is 0 Å². The number of aliphatic carboxylic acids is 1. The maximum Gasteiger partial charge on any atom is 0.306 e. The molecule has 0 saturated heterocycles. The predicted octanol–water partition coefficient (Wildman–Crippen LogP) is 9.32. The van der Waals surface area contributed by atoms with E-state index in [9.17, 15) is 19.2 Å². The molecule has 2 atom stereocenters. The molecule has 0 fully saturated rings. The summed E-state index contributed by atoms with van der Waals surface area (Å²) in [6.07, 6.45) is 30.9. The second-order valence-electron chi connectivity index (χ2n) is 13.7. The fourth-order valence-electron chi connectivity index (χ4n) is 5.84. The molecular weight excluding hydrogens is 608 g/mol. The fourth-order valence-corrected chi connectivity index (χ4v) is 5.84. The molecule has 1 amide bonds. The SMILES string of the molecule is CCCCCCCCCCCCCCCC(=O)OCC(CNC(=O)C(N)CC(=O)O)OC(=O)CCCCCCCCCCCCCCC. The van der Waals surface area contributed by atoms with E-state index >= 15 is 0 Å². The van der Waals surface area contributed by atoms with Crippen molar-refractivity contribution in [2.45, 2.75) is 212 Å². The van der Waals surface area contributed by atoms with Gasteiger partial charge in [0.1, 0.15) is 6.61 Å². The van der Waals surface area contributed by atoms with Crippen LogP contribution in [0.3, 0.4) is 0 Å². The van der Waals surface area contributed by atoms with Crippen molar-refractivity contribution in [3.8, 4) is 0 Å². The first-order valence-electron chi connectivity index (χ1n) is 19.9. The Balaban J connectivity index is 4.24. The Morgan fingerprint density at radius 3 is 1.29 bits per heavy atom. The van der Waals surface area contributed by atoms with Crippen LogP contribution in [0, 0.1) is 0 Å². The Kier molecular flexibility index (Phi) is 33.1. The molecule has 2 unspecified atom stereocenters. The summed E-state index contributed by atoms with van der Waals surface area (Å²) in [6, 6.07) is -1.22. The van der Waals surface area contributed by atoms with Gasteiger partial charge in [-0.05, 0) is 12.8 Å². The standard InChI is InChI=1S/C39H74N2O7/c1-3-5-7-9-11-13-15-17-19-21-23-25-27-29-37(44)47-33-34(32-41-39(46)35(40)31-36(42)43)48-38(45)30-28-26-24-22-20-18-16-14-12-10-8-6-4-2/h34-35H,3-33,40H2,1-2H3,(H,41,46)(H,42,43). The van der Waals surface area contributed by atoms with E-state index < -0.39 is 36.4 Å². The van der Waals surface area contributed by atoms with Crippen molar-refractivity contribution >= 4 is 23.8 Å². The van der Waals surface area contributed by atoms with E-state index in [-0.39, 0.29) is 25.5 Å². The van der Waals surface area contributed by atoms with Crippen molar-refractivity contribution in [1.29, 1.82) is 0 Å². The molecule has 0 aliphatic rings. The van der Waals surface area contributed by atoms with Crippen molar-refractivity contribution in [3.05, 3.63) is 0 Å². The topological polar surface area (TPSA) is 145 Å². The van der Waals surface area contributed by atoms with Crippen LogP contribution >= 0.6 is 0 Å². The van der Waals surface area contributed by atoms with Gasteiger partial charge in [0.15, 0.2) is 6.10 Å². The zero-order valence-electron chi connectivity index (χ0n) is 31.0. The highest BCUT2D eigenvalue weighted by Crippen LogP contribution is 2.15. The number of carboxylic acid groups (broad SMARTS) is 1. The average molecular weight is 683 g/mol. The van der Waals surface area contributed by atoms with E-state index in [4.69, 9.17) is 20.3 Å². The van der Waals surface area contributed by atoms with Crippen LogP contribution in [-0.2, 0) is 28.7 Å². The van der Waals surface area contributed by atoms with Crippen molar-refractivity contribution < 1.29 is 33.8 Å². The van der Waals surface area contributed by atoms with Crippen molar-refractivity contribution in [2.75, 3.05) is 13.2 Å².